The van der Waals surface area contributed by atoms with Gasteiger partial charge in [0, 0.05) is 5.41 Å². The summed E-state index contributed by atoms with van der Waals surface area (Å²) in [5.74, 6) is 0. The zero-order valence-electron chi connectivity index (χ0n) is 9.96. The summed E-state index contributed by atoms with van der Waals surface area (Å²) in [7, 11) is 0. The van der Waals surface area contributed by atoms with Gasteiger partial charge < -0.3 is 0 Å². The third kappa shape index (κ3) is 1.45. The molecule has 0 saturated heterocycles. The summed E-state index contributed by atoms with van der Waals surface area (Å²) in [6, 6.07) is 10.7. The SMILES string of the molecule is CC1=CC(C)(c2ccccc2)C(C)=C1C. The Morgan fingerprint density at radius 3 is 2.00 bits per heavy atom. The van der Waals surface area contributed by atoms with E-state index in [1.165, 1.54) is 22.3 Å². The normalized spacial score (nSPS) is 25.7. The molecular weight excluding hydrogens is 180 g/mol. The molecule has 1 atom stereocenters. The summed E-state index contributed by atoms with van der Waals surface area (Å²) in [5.41, 5.74) is 5.83. The van der Waals surface area contributed by atoms with E-state index in [2.05, 4.69) is 64.1 Å². The fourth-order valence-electron chi connectivity index (χ4n) is 2.42. The van der Waals surface area contributed by atoms with E-state index in [-0.39, 0.29) is 5.41 Å². The molecule has 15 heavy (non-hydrogen) atoms. The van der Waals surface area contributed by atoms with Gasteiger partial charge in [-0.05, 0) is 38.8 Å². The Morgan fingerprint density at radius 1 is 0.933 bits per heavy atom. The second-order valence-electron chi connectivity index (χ2n) is 4.65. The van der Waals surface area contributed by atoms with Crippen LogP contribution in [0.25, 0.3) is 0 Å². The van der Waals surface area contributed by atoms with Gasteiger partial charge in [-0.15, -0.1) is 0 Å². The maximum Gasteiger partial charge on any atom is 0.0321 e. The predicted molar refractivity (Wildman–Crippen MR) is 65.9 cm³/mol. The minimum Gasteiger partial charge on any atom is -0.0670 e. The number of hydrogen-bond donors (Lipinski definition) is 0. The minimum absolute atomic E-state index is 0.107. The van der Waals surface area contributed by atoms with Crippen LogP contribution in [0.15, 0.2) is 53.1 Å². The first kappa shape index (κ1) is 10.2. The average Bonchev–Trinajstić information content (AvgIpc) is 2.45. The van der Waals surface area contributed by atoms with Gasteiger partial charge in [-0.25, -0.2) is 0 Å². The van der Waals surface area contributed by atoms with Crippen molar-refractivity contribution in [3.8, 4) is 0 Å². The van der Waals surface area contributed by atoms with Gasteiger partial charge >= 0.3 is 0 Å². The topological polar surface area (TPSA) is 0 Å². The molecule has 1 aromatic carbocycles. The van der Waals surface area contributed by atoms with Gasteiger partial charge in [0.1, 0.15) is 0 Å². The summed E-state index contributed by atoms with van der Waals surface area (Å²) in [4.78, 5) is 0. The van der Waals surface area contributed by atoms with Crippen LogP contribution in [-0.2, 0) is 5.41 Å². The molecule has 0 nitrogen and oxygen atoms in total. The molecule has 0 heterocycles. The van der Waals surface area contributed by atoms with Gasteiger partial charge in [-0.1, -0.05) is 47.6 Å². The Hall–Kier alpha value is -1.30. The number of allylic oxidation sites excluding steroid dienone is 4. The first-order chi connectivity index (χ1) is 7.05. The van der Waals surface area contributed by atoms with Gasteiger partial charge in [-0.3, -0.25) is 0 Å². The maximum absolute atomic E-state index is 2.38. The molecule has 0 bridgehead atoms. The van der Waals surface area contributed by atoms with E-state index >= 15 is 0 Å². The Morgan fingerprint density at radius 2 is 1.53 bits per heavy atom. The van der Waals surface area contributed by atoms with Gasteiger partial charge in [0.25, 0.3) is 0 Å². The molecule has 0 saturated carbocycles. The number of benzene rings is 1. The van der Waals surface area contributed by atoms with Crippen LogP contribution in [-0.4, -0.2) is 0 Å². The van der Waals surface area contributed by atoms with Crippen LogP contribution in [0.4, 0.5) is 0 Å². The summed E-state index contributed by atoms with van der Waals surface area (Å²) in [6.07, 6.45) is 2.38. The van der Waals surface area contributed by atoms with Gasteiger partial charge in [-0.2, -0.15) is 0 Å². The third-order valence-corrected chi connectivity index (χ3v) is 3.81. The van der Waals surface area contributed by atoms with Gasteiger partial charge in [0.05, 0.1) is 0 Å². The highest BCUT2D eigenvalue weighted by molar-refractivity contribution is 5.53. The highest BCUT2D eigenvalue weighted by atomic mass is 14.4. The molecular formula is C15H18. The van der Waals surface area contributed by atoms with Crippen molar-refractivity contribution in [2.75, 3.05) is 0 Å². The highest BCUT2D eigenvalue weighted by Crippen LogP contribution is 2.42. The number of hydrogen-bond acceptors (Lipinski definition) is 0. The molecule has 0 radical (unpaired) electrons. The van der Waals surface area contributed by atoms with Crippen molar-refractivity contribution in [2.45, 2.75) is 33.1 Å². The van der Waals surface area contributed by atoms with E-state index in [0.29, 0.717) is 0 Å². The maximum atomic E-state index is 2.38. The fourth-order valence-corrected chi connectivity index (χ4v) is 2.42. The van der Waals surface area contributed by atoms with Crippen molar-refractivity contribution < 1.29 is 0 Å². The van der Waals surface area contributed by atoms with Crippen molar-refractivity contribution in [1.82, 2.24) is 0 Å². The van der Waals surface area contributed by atoms with Crippen LogP contribution in [0.3, 0.4) is 0 Å². The second-order valence-corrected chi connectivity index (χ2v) is 4.65. The molecule has 0 aliphatic heterocycles. The molecule has 2 rings (SSSR count). The molecule has 1 unspecified atom stereocenters. The van der Waals surface area contributed by atoms with E-state index in [9.17, 15) is 0 Å². The Labute approximate surface area is 92.3 Å². The van der Waals surface area contributed by atoms with Crippen LogP contribution in [0, 0.1) is 0 Å². The molecule has 78 valence electrons. The van der Waals surface area contributed by atoms with Crippen LogP contribution >= 0.6 is 0 Å². The van der Waals surface area contributed by atoms with Crippen molar-refractivity contribution >= 4 is 0 Å². The predicted octanol–water partition coefficient (Wildman–Crippen LogP) is 4.24. The lowest BCUT2D eigenvalue weighted by molar-refractivity contribution is 0.712. The van der Waals surface area contributed by atoms with E-state index in [0.717, 1.165) is 0 Å². The van der Waals surface area contributed by atoms with Gasteiger partial charge in [0.15, 0.2) is 0 Å². The number of rotatable bonds is 1. The highest BCUT2D eigenvalue weighted by Gasteiger charge is 2.31. The second kappa shape index (κ2) is 3.37. The smallest absolute Gasteiger partial charge is 0.0321 e. The van der Waals surface area contributed by atoms with Crippen LogP contribution in [0.1, 0.15) is 33.3 Å². The Balaban J connectivity index is 2.56. The Bertz CT molecular complexity index is 434. The first-order valence-electron chi connectivity index (χ1n) is 5.49. The molecule has 0 N–H and O–H groups in total. The summed E-state index contributed by atoms with van der Waals surface area (Å²) >= 11 is 0. The van der Waals surface area contributed by atoms with Crippen molar-refractivity contribution in [2.24, 2.45) is 0 Å². The quantitative estimate of drug-likeness (QED) is 0.633. The standard InChI is InChI=1S/C15H18/c1-11-10-15(4,13(3)12(11)2)14-8-6-5-7-9-14/h5-10H,1-4H3. The molecule has 0 heteroatoms. The molecule has 1 aromatic rings. The lowest BCUT2D eigenvalue weighted by Gasteiger charge is -2.25. The van der Waals surface area contributed by atoms with Crippen molar-refractivity contribution in [3.05, 3.63) is 58.7 Å². The lowest BCUT2D eigenvalue weighted by Crippen LogP contribution is -2.18. The fraction of sp³-hybridized carbons (Fsp3) is 0.333. The van der Waals surface area contributed by atoms with Crippen LogP contribution < -0.4 is 0 Å². The third-order valence-electron chi connectivity index (χ3n) is 3.81. The van der Waals surface area contributed by atoms with Crippen LogP contribution in [0.2, 0.25) is 0 Å². The molecule has 1 aliphatic carbocycles. The van der Waals surface area contributed by atoms with E-state index < -0.39 is 0 Å². The lowest BCUT2D eigenvalue weighted by atomic mass is 9.78. The average molecular weight is 198 g/mol. The van der Waals surface area contributed by atoms with Crippen molar-refractivity contribution in [1.29, 1.82) is 0 Å². The summed E-state index contributed by atoms with van der Waals surface area (Å²) in [5, 5.41) is 0. The molecule has 0 fully saturated rings. The van der Waals surface area contributed by atoms with Crippen molar-refractivity contribution in [3.63, 3.8) is 0 Å². The van der Waals surface area contributed by atoms with E-state index in [1.54, 1.807) is 0 Å². The minimum atomic E-state index is 0.107. The zero-order chi connectivity index (χ0) is 11.1. The van der Waals surface area contributed by atoms with Crippen LogP contribution in [0.5, 0.6) is 0 Å². The summed E-state index contributed by atoms with van der Waals surface area (Å²) < 4.78 is 0. The van der Waals surface area contributed by atoms with Gasteiger partial charge in [0.2, 0.25) is 0 Å². The monoisotopic (exact) mass is 198 g/mol. The largest absolute Gasteiger partial charge is 0.0670 e. The summed E-state index contributed by atoms with van der Waals surface area (Å²) in [6.45, 7) is 8.97. The zero-order valence-corrected chi connectivity index (χ0v) is 9.96. The molecule has 0 spiro atoms. The molecule has 0 amide bonds. The van der Waals surface area contributed by atoms with E-state index in [1.807, 2.05) is 0 Å². The first-order valence-corrected chi connectivity index (χ1v) is 5.49. The molecule has 1 aliphatic rings. The van der Waals surface area contributed by atoms with E-state index in [4.69, 9.17) is 0 Å². The Kier molecular flexibility index (Phi) is 2.30. The molecule has 0 aromatic heterocycles.